The third-order valence-corrected chi connectivity index (χ3v) is 12.7. The summed E-state index contributed by atoms with van der Waals surface area (Å²) in [7, 11) is 0. The van der Waals surface area contributed by atoms with E-state index in [9.17, 15) is 14.4 Å². The van der Waals surface area contributed by atoms with Gasteiger partial charge in [0.1, 0.15) is 13.2 Å². The molecule has 0 rings (SSSR count). The Morgan fingerprint density at radius 1 is 0.304 bits per heavy atom. The zero-order valence-electron chi connectivity index (χ0n) is 45.6. The zero-order chi connectivity index (χ0) is 50.0. The van der Waals surface area contributed by atoms with Gasteiger partial charge >= 0.3 is 17.9 Å². The molecule has 69 heavy (non-hydrogen) atoms. The van der Waals surface area contributed by atoms with Crippen LogP contribution in [0, 0.1) is 0 Å². The highest BCUT2D eigenvalue weighted by atomic mass is 16.6. The van der Waals surface area contributed by atoms with Crippen molar-refractivity contribution < 1.29 is 28.6 Å². The molecule has 398 valence electrons. The van der Waals surface area contributed by atoms with E-state index in [1.165, 1.54) is 148 Å². The lowest BCUT2D eigenvalue weighted by atomic mass is 10.1. The Morgan fingerprint density at radius 3 is 0.913 bits per heavy atom. The van der Waals surface area contributed by atoms with Crippen molar-refractivity contribution in [2.24, 2.45) is 0 Å². The molecule has 0 aliphatic heterocycles. The average molecular weight is 964 g/mol. The molecule has 0 aliphatic rings. The topological polar surface area (TPSA) is 78.9 Å². The van der Waals surface area contributed by atoms with Crippen molar-refractivity contribution in [1.29, 1.82) is 0 Å². The molecule has 1 unspecified atom stereocenters. The van der Waals surface area contributed by atoms with E-state index in [1.54, 1.807) is 0 Å². The summed E-state index contributed by atoms with van der Waals surface area (Å²) in [6, 6.07) is 0. The molecule has 0 saturated heterocycles. The van der Waals surface area contributed by atoms with E-state index in [4.69, 9.17) is 14.2 Å². The molecule has 0 bridgehead atoms. The largest absolute Gasteiger partial charge is 0.462 e. The minimum atomic E-state index is -0.793. The molecule has 0 aliphatic carbocycles. The van der Waals surface area contributed by atoms with Gasteiger partial charge in [-0.05, 0) is 109 Å². The van der Waals surface area contributed by atoms with Crippen molar-refractivity contribution in [3.05, 3.63) is 72.9 Å². The monoisotopic (exact) mass is 963 g/mol. The molecule has 0 saturated carbocycles. The molecule has 1 atom stereocenters. The first-order chi connectivity index (χ1) is 34.0. The molecule has 0 radical (unpaired) electrons. The Labute approximate surface area is 427 Å². The highest BCUT2D eigenvalue weighted by Crippen LogP contribution is 2.15. The molecule has 0 aromatic carbocycles. The summed E-state index contributed by atoms with van der Waals surface area (Å²) in [5.74, 6) is -0.915. The quantitative estimate of drug-likeness (QED) is 0.0262. The second-order valence-corrected chi connectivity index (χ2v) is 19.5. The van der Waals surface area contributed by atoms with Gasteiger partial charge in [0.15, 0.2) is 6.10 Å². The first-order valence-electron chi connectivity index (χ1n) is 29.4. The number of esters is 3. The number of allylic oxidation sites excluding steroid dienone is 12. The van der Waals surface area contributed by atoms with Gasteiger partial charge in [-0.1, -0.05) is 235 Å². The maximum absolute atomic E-state index is 12.9. The van der Waals surface area contributed by atoms with E-state index in [1.807, 2.05) is 0 Å². The van der Waals surface area contributed by atoms with E-state index < -0.39 is 6.10 Å². The van der Waals surface area contributed by atoms with Crippen molar-refractivity contribution in [1.82, 2.24) is 0 Å². The third-order valence-electron chi connectivity index (χ3n) is 12.7. The highest BCUT2D eigenvalue weighted by molar-refractivity contribution is 5.71. The molecule has 0 spiro atoms. The first kappa shape index (κ1) is 65.8. The molecule has 0 fully saturated rings. The minimum absolute atomic E-state index is 0.0883. The zero-order valence-corrected chi connectivity index (χ0v) is 45.6. The number of unbranched alkanes of at least 4 members (excludes halogenated alkanes) is 30. The second-order valence-electron chi connectivity index (χ2n) is 19.5. The highest BCUT2D eigenvalue weighted by Gasteiger charge is 2.19. The lowest BCUT2D eigenvalue weighted by Gasteiger charge is -2.18. The van der Waals surface area contributed by atoms with E-state index in [0.717, 1.165) is 103 Å². The van der Waals surface area contributed by atoms with Gasteiger partial charge in [-0.3, -0.25) is 14.4 Å². The molecule has 0 aromatic rings. The lowest BCUT2D eigenvalue weighted by molar-refractivity contribution is -0.167. The van der Waals surface area contributed by atoms with Crippen LogP contribution in [0.2, 0.25) is 0 Å². The third kappa shape index (κ3) is 55.6. The van der Waals surface area contributed by atoms with Gasteiger partial charge in [-0.2, -0.15) is 0 Å². The Bertz CT molecular complexity index is 1290. The summed E-state index contributed by atoms with van der Waals surface area (Å²) in [5.41, 5.74) is 0. The Balaban J connectivity index is 4.38. The van der Waals surface area contributed by atoms with Crippen LogP contribution in [-0.2, 0) is 28.6 Å². The summed E-state index contributed by atoms with van der Waals surface area (Å²) in [6.45, 7) is 6.50. The smallest absolute Gasteiger partial charge is 0.306 e. The van der Waals surface area contributed by atoms with Crippen molar-refractivity contribution in [2.45, 2.75) is 297 Å². The van der Waals surface area contributed by atoms with Crippen molar-refractivity contribution in [3.8, 4) is 0 Å². The molecule has 0 heterocycles. The van der Waals surface area contributed by atoms with E-state index in [-0.39, 0.29) is 31.1 Å². The van der Waals surface area contributed by atoms with Crippen LogP contribution in [0.15, 0.2) is 72.9 Å². The number of hydrogen-bond donors (Lipinski definition) is 0. The van der Waals surface area contributed by atoms with Gasteiger partial charge in [0.2, 0.25) is 0 Å². The Kier molecular flexibility index (Phi) is 54.8. The van der Waals surface area contributed by atoms with Crippen LogP contribution in [0.1, 0.15) is 290 Å². The van der Waals surface area contributed by atoms with Crippen LogP contribution in [0.3, 0.4) is 0 Å². The lowest BCUT2D eigenvalue weighted by Crippen LogP contribution is -2.30. The fourth-order valence-electron chi connectivity index (χ4n) is 8.25. The molecule has 0 N–H and O–H groups in total. The van der Waals surface area contributed by atoms with Gasteiger partial charge in [0.05, 0.1) is 0 Å². The number of rotatable bonds is 53. The van der Waals surface area contributed by atoms with E-state index >= 15 is 0 Å². The van der Waals surface area contributed by atoms with Gasteiger partial charge < -0.3 is 14.2 Å². The van der Waals surface area contributed by atoms with Gasteiger partial charge in [0, 0.05) is 19.3 Å². The summed E-state index contributed by atoms with van der Waals surface area (Å²) in [5, 5.41) is 0. The van der Waals surface area contributed by atoms with Crippen LogP contribution < -0.4 is 0 Å². The minimum Gasteiger partial charge on any atom is -0.462 e. The molecular formula is C63H110O6. The predicted octanol–water partition coefficient (Wildman–Crippen LogP) is 19.8. The van der Waals surface area contributed by atoms with Crippen LogP contribution in [0.25, 0.3) is 0 Å². The fraction of sp³-hybridized carbons (Fsp3) is 0.762. The number of ether oxygens (including phenoxy) is 3. The maximum atomic E-state index is 12.9. The van der Waals surface area contributed by atoms with Crippen LogP contribution in [-0.4, -0.2) is 37.2 Å². The summed E-state index contributed by atoms with van der Waals surface area (Å²) >= 11 is 0. The second kappa shape index (κ2) is 57.4. The number of hydrogen-bond acceptors (Lipinski definition) is 6. The van der Waals surface area contributed by atoms with Crippen molar-refractivity contribution in [2.75, 3.05) is 13.2 Å². The molecular weight excluding hydrogens is 853 g/mol. The van der Waals surface area contributed by atoms with Gasteiger partial charge in [0.25, 0.3) is 0 Å². The SMILES string of the molecule is CC/C=C\C/C=C\C/C=C\C/C=C\CCCCCCC(=O)OC(COC(=O)CCCCCCC/C=C\CCCCCC)COC(=O)CCCCCCCCCCC/C=C\CCCCCCCCCC. The van der Waals surface area contributed by atoms with Crippen molar-refractivity contribution >= 4 is 17.9 Å². The summed E-state index contributed by atoms with van der Waals surface area (Å²) in [4.78, 5) is 38.2. The Hall–Kier alpha value is -3.15. The summed E-state index contributed by atoms with van der Waals surface area (Å²) < 4.78 is 16.9. The van der Waals surface area contributed by atoms with E-state index in [2.05, 4.69) is 93.7 Å². The molecule has 0 amide bonds. The normalized spacial score (nSPS) is 12.6. The summed E-state index contributed by atoms with van der Waals surface area (Å²) in [6.07, 6.45) is 73.2. The average Bonchev–Trinajstić information content (AvgIpc) is 3.35. The molecule has 6 nitrogen and oxygen atoms in total. The van der Waals surface area contributed by atoms with Gasteiger partial charge in [-0.15, -0.1) is 0 Å². The van der Waals surface area contributed by atoms with Gasteiger partial charge in [-0.25, -0.2) is 0 Å². The maximum Gasteiger partial charge on any atom is 0.306 e. The van der Waals surface area contributed by atoms with Crippen LogP contribution in [0.5, 0.6) is 0 Å². The fourth-order valence-corrected chi connectivity index (χ4v) is 8.25. The van der Waals surface area contributed by atoms with Crippen LogP contribution >= 0.6 is 0 Å². The van der Waals surface area contributed by atoms with Crippen molar-refractivity contribution in [3.63, 3.8) is 0 Å². The number of carbonyl (C=O) groups is 3. The Morgan fingerprint density at radius 2 is 0.565 bits per heavy atom. The van der Waals surface area contributed by atoms with Crippen LogP contribution in [0.4, 0.5) is 0 Å². The predicted molar refractivity (Wildman–Crippen MR) is 298 cm³/mol. The first-order valence-corrected chi connectivity index (χ1v) is 29.4. The number of carbonyl (C=O) groups excluding carboxylic acids is 3. The molecule has 0 aromatic heterocycles. The molecule has 6 heteroatoms. The standard InChI is InChI=1S/C63H110O6/c1-4-7-10-13-16-19-22-25-27-29-30-31-32-34-35-38-41-44-47-50-53-56-62(65)68-59-60(58-67-61(64)55-52-49-46-43-40-37-24-21-18-15-12-9-6-3)69-63(66)57-54-51-48-45-42-39-36-33-28-26-23-20-17-14-11-8-5-2/h8,11,17,20-21,24,26,28-30,36,39,60H,4-7,9-10,12-16,18-19,22-23,25,27,31-35,37-38,40-59H2,1-3H3/b11-8-,20-17-,24-21-,28-26-,30-29-,39-36-. The van der Waals surface area contributed by atoms with E-state index in [0.29, 0.717) is 19.3 Å².